The van der Waals surface area contributed by atoms with Crippen LogP contribution in [0.25, 0.3) is 0 Å². The summed E-state index contributed by atoms with van der Waals surface area (Å²) in [5.41, 5.74) is 0.510. The van der Waals surface area contributed by atoms with Gasteiger partial charge in [0.2, 0.25) is 10.0 Å². The third-order valence-corrected chi connectivity index (χ3v) is 6.83. The van der Waals surface area contributed by atoms with Crippen LogP contribution in [0, 0.1) is 0 Å². The van der Waals surface area contributed by atoms with E-state index in [2.05, 4.69) is 10.0 Å². The second kappa shape index (κ2) is 9.66. The molecule has 1 aliphatic heterocycles. The quantitative estimate of drug-likeness (QED) is 0.737. The van der Waals surface area contributed by atoms with Crippen molar-refractivity contribution in [3.63, 3.8) is 0 Å². The van der Waals surface area contributed by atoms with Crippen LogP contribution in [-0.4, -0.2) is 51.4 Å². The molecule has 1 fully saturated rings. The lowest BCUT2D eigenvalue weighted by atomic mass is 10.1. The Kier molecular flexibility index (Phi) is 7.81. The zero-order valence-electron chi connectivity index (χ0n) is 15.1. The number of amides is 1. The van der Waals surface area contributed by atoms with Gasteiger partial charge in [0.15, 0.2) is 0 Å². The van der Waals surface area contributed by atoms with Gasteiger partial charge in [-0.2, -0.15) is 0 Å². The number of nitrogens with one attached hydrogen (secondary N) is 2. The van der Waals surface area contributed by atoms with Crippen molar-refractivity contribution in [1.82, 2.24) is 14.9 Å². The predicted molar refractivity (Wildman–Crippen MR) is 110 cm³/mol. The summed E-state index contributed by atoms with van der Waals surface area (Å²) in [6, 6.07) is 10.2. The first-order valence-corrected chi connectivity index (χ1v) is 11.0. The lowest BCUT2D eigenvalue weighted by molar-refractivity contribution is 0.0655. The van der Waals surface area contributed by atoms with E-state index in [0.29, 0.717) is 25.1 Å². The van der Waals surface area contributed by atoms with Gasteiger partial charge in [-0.3, -0.25) is 4.79 Å². The normalized spacial score (nSPS) is 17.4. The van der Waals surface area contributed by atoms with Gasteiger partial charge in [0.25, 0.3) is 5.91 Å². The molecule has 2 N–H and O–H groups in total. The third kappa shape index (κ3) is 5.52. The highest BCUT2D eigenvalue weighted by atomic mass is 35.5. The monoisotopic (exact) mass is 429 g/mol. The number of piperazine rings is 1. The highest BCUT2D eigenvalue weighted by Crippen LogP contribution is 2.15. The summed E-state index contributed by atoms with van der Waals surface area (Å²) < 4.78 is 27.4. The van der Waals surface area contributed by atoms with Crippen molar-refractivity contribution >= 4 is 39.7 Å². The highest BCUT2D eigenvalue weighted by Gasteiger charge is 2.24. The van der Waals surface area contributed by atoms with Crippen LogP contribution in [0.4, 0.5) is 0 Å². The average molecular weight is 430 g/mol. The Morgan fingerprint density at radius 3 is 2.67 bits per heavy atom. The van der Waals surface area contributed by atoms with Crippen LogP contribution in [0.2, 0.25) is 0 Å². The van der Waals surface area contributed by atoms with Crippen molar-refractivity contribution in [2.24, 2.45) is 0 Å². The van der Waals surface area contributed by atoms with E-state index in [-0.39, 0.29) is 29.3 Å². The number of hydrogen-bond donors (Lipinski definition) is 2. The van der Waals surface area contributed by atoms with E-state index in [1.165, 1.54) is 12.1 Å². The van der Waals surface area contributed by atoms with Gasteiger partial charge in [0.1, 0.15) is 0 Å². The number of halogens is 1. The van der Waals surface area contributed by atoms with Crippen molar-refractivity contribution < 1.29 is 13.2 Å². The highest BCUT2D eigenvalue weighted by molar-refractivity contribution is 7.89. The van der Waals surface area contributed by atoms with Crippen LogP contribution in [0.15, 0.2) is 46.7 Å². The Bertz CT molecular complexity index is 839. The Balaban J connectivity index is 0.00000261. The molecule has 148 valence electrons. The number of rotatable bonds is 6. The molecule has 9 heteroatoms. The summed E-state index contributed by atoms with van der Waals surface area (Å²) in [5, 5.41) is 5.22. The number of carbonyl (C=O) groups excluding carboxylic acids is 1. The molecule has 3 rings (SSSR count). The topological polar surface area (TPSA) is 78.5 Å². The number of sulfonamides is 1. The largest absolute Gasteiger partial charge is 0.333 e. The van der Waals surface area contributed by atoms with Crippen molar-refractivity contribution in [1.29, 1.82) is 0 Å². The maximum atomic E-state index is 12.6. The fraction of sp³-hybridized carbons (Fsp3) is 0.389. The molecule has 2 heterocycles. The molecule has 27 heavy (non-hydrogen) atoms. The van der Waals surface area contributed by atoms with E-state index >= 15 is 0 Å². The fourth-order valence-corrected chi connectivity index (χ4v) is 4.67. The molecular formula is C18H24ClN3O3S2. The SMILES string of the molecule is C[C@@H]1CNCCN1C(=O)c1ccc(S(=O)(=O)NCCc2cccs2)cc1.Cl. The molecule has 6 nitrogen and oxygen atoms in total. The molecule has 1 aromatic heterocycles. The van der Waals surface area contributed by atoms with E-state index in [1.807, 2.05) is 29.3 Å². The van der Waals surface area contributed by atoms with E-state index in [1.54, 1.807) is 23.5 Å². The summed E-state index contributed by atoms with van der Waals surface area (Å²) in [6.07, 6.45) is 0.661. The lowest BCUT2D eigenvalue weighted by Crippen LogP contribution is -2.52. The first kappa shape index (κ1) is 21.8. The standard InChI is InChI=1S/C18H23N3O3S2.ClH/c1-14-13-19-10-11-21(14)18(22)15-4-6-17(7-5-15)26(23,24)20-9-8-16-3-2-12-25-16;/h2-7,12,14,19-20H,8-11,13H2,1H3;1H/t14-;/m1./s1. The summed E-state index contributed by atoms with van der Waals surface area (Å²) in [5.74, 6) is -0.0615. The number of carbonyl (C=O) groups is 1. The second-order valence-electron chi connectivity index (χ2n) is 6.30. The summed E-state index contributed by atoms with van der Waals surface area (Å²) >= 11 is 1.61. The van der Waals surface area contributed by atoms with Crippen molar-refractivity contribution in [2.45, 2.75) is 24.3 Å². The molecule has 0 saturated carbocycles. The molecule has 1 atom stereocenters. The second-order valence-corrected chi connectivity index (χ2v) is 9.10. The van der Waals surface area contributed by atoms with Crippen LogP contribution in [-0.2, 0) is 16.4 Å². The van der Waals surface area contributed by atoms with Gasteiger partial charge in [-0.15, -0.1) is 23.7 Å². The molecule has 0 spiro atoms. The molecule has 1 aromatic carbocycles. The molecule has 1 amide bonds. The number of thiophene rings is 1. The lowest BCUT2D eigenvalue weighted by Gasteiger charge is -2.34. The van der Waals surface area contributed by atoms with Gasteiger partial charge < -0.3 is 10.2 Å². The number of hydrogen-bond acceptors (Lipinski definition) is 5. The van der Waals surface area contributed by atoms with Crippen LogP contribution >= 0.6 is 23.7 Å². The zero-order valence-corrected chi connectivity index (χ0v) is 17.5. The molecule has 1 saturated heterocycles. The van der Waals surface area contributed by atoms with Gasteiger partial charge in [0.05, 0.1) is 4.90 Å². The number of benzene rings is 1. The van der Waals surface area contributed by atoms with Gasteiger partial charge in [0, 0.05) is 42.7 Å². The smallest absolute Gasteiger partial charge is 0.254 e. The summed E-state index contributed by atoms with van der Waals surface area (Å²) in [4.78, 5) is 15.7. The van der Waals surface area contributed by atoms with Crippen LogP contribution in [0.3, 0.4) is 0 Å². The minimum Gasteiger partial charge on any atom is -0.333 e. The molecule has 0 aliphatic carbocycles. The van der Waals surface area contributed by atoms with Gasteiger partial charge in [-0.05, 0) is 49.1 Å². The van der Waals surface area contributed by atoms with Gasteiger partial charge in [-0.25, -0.2) is 13.1 Å². The maximum absolute atomic E-state index is 12.6. The summed E-state index contributed by atoms with van der Waals surface area (Å²) in [7, 11) is -3.57. The Hall–Kier alpha value is -1.45. The molecule has 0 radical (unpaired) electrons. The molecule has 1 aliphatic rings. The zero-order chi connectivity index (χ0) is 18.6. The Labute approximate surface area is 170 Å². The van der Waals surface area contributed by atoms with Crippen molar-refractivity contribution in [3.8, 4) is 0 Å². The average Bonchev–Trinajstić information content (AvgIpc) is 3.15. The minimum absolute atomic E-state index is 0. The Morgan fingerprint density at radius 1 is 1.30 bits per heavy atom. The maximum Gasteiger partial charge on any atom is 0.254 e. The van der Waals surface area contributed by atoms with Crippen LogP contribution in [0.1, 0.15) is 22.2 Å². The van der Waals surface area contributed by atoms with E-state index in [0.717, 1.165) is 18.0 Å². The Morgan fingerprint density at radius 2 is 2.04 bits per heavy atom. The van der Waals surface area contributed by atoms with Crippen molar-refractivity contribution in [3.05, 3.63) is 52.2 Å². The minimum atomic E-state index is -3.57. The molecule has 0 bridgehead atoms. The first-order valence-electron chi connectivity index (χ1n) is 8.61. The number of nitrogens with zero attached hydrogens (tertiary/aromatic N) is 1. The van der Waals surface area contributed by atoms with Crippen molar-refractivity contribution in [2.75, 3.05) is 26.2 Å². The predicted octanol–water partition coefficient (Wildman–Crippen LogP) is 2.12. The van der Waals surface area contributed by atoms with Gasteiger partial charge in [-0.1, -0.05) is 6.07 Å². The van der Waals surface area contributed by atoms with Crippen LogP contribution < -0.4 is 10.0 Å². The van der Waals surface area contributed by atoms with Crippen LogP contribution in [0.5, 0.6) is 0 Å². The summed E-state index contributed by atoms with van der Waals surface area (Å²) in [6.45, 7) is 4.55. The first-order chi connectivity index (χ1) is 12.5. The third-order valence-electron chi connectivity index (χ3n) is 4.42. The van der Waals surface area contributed by atoms with E-state index < -0.39 is 10.0 Å². The fourth-order valence-electron chi connectivity index (χ4n) is 2.93. The molecule has 0 unspecified atom stereocenters. The van der Waals surface area contributed by atoms with Gasteiger partial charge >= 0.3 is 0 Å². The molecular weight excluding hydrogens is 406 g/mol. The van der Waals surface area contributed by atoms with E-state index in [9.17, 15) is 13.2 Å². The molecule has 2 aromatic rings. The van der Waals surface area contributed by atoms with E-state index in [4.69, 9.17) is 0 Å².